The number of aromatic nitrogens is 1. The summed E-state index contributed by atoms with van der Waals surface area (Å²) in [6.45, 7) is 6.36. The van der Waals surface area contributed by atoms with E-state index < -0.39 is 11.8 Å². The number of rotatable bonds is 9. The molecule has 0 aliphatic carbocycles. The molecule has 32 heavy (non-hydrogen) atoms. The zero-order chi connectivity index (χ0) is 23.7. The van der Waals surface area contributed by atoms with Gasteiger partial charge in [0.15, 0.2) is 0 Å². The molecule has 2 aromatic rings. The number of methoxy groups -OCH3 is 2. The third-order valence-electron chi connectivity index (χ3n) is 4.90. The Balaban J connectivity index is 2.01. The van der Waals surface area contributed by atoms with E-state index in [0.717, 1.165) is 17.0 Å². The number of ether oxygens (including phenoxy) is 2. The van der Waals surface area contributed by atoms with Gasteiger partial charge in [-0.15, -0.1) is 0 Å². The number of anilines is 1. The van der Waals surface area contributed by atoms with Crippen LogP contribution in [0.3, 0.4) is 0 Å². The first-order valence-electron chi connectivity index (χ1n) is 10.1. The summed E-state index contributed by atoms with van der Waals surface area (Å²) in [4.78, 5) is 24.5. The molecule has 2 rings (SSSR count). The lowest BCUT2D eigenvalue weighted by atomic mass is 10.1. The molecule has 1 atom stereocenters. The van der Waals surface area contributed by atoms with Crippen LogP contribution in [0.2, 0.25) is 0 Å². The molecule has 9 heteroatoms. The molecule has 1 aromatic carbocycles. The van der Waals surface area contributed by atoms with E-state index in [1.54, 1.807) is 19.2 Å². The molecular formula is C23H29N5O4. The van der Waals surface area contributed by atoms with Gasteiger partial charge in [0.1, 0.15) is 17.4 Å². The Morgan fingerprint density at radius 2 is 1.94 bits per heavy atom. The molecule has 9 nitrogen and oxygen atoms in total. The number of carbonyl (C=O) groups excluding carboxylic acids is 2. The molecule has 0 bridgehead atoms. The number of carbonyl (C=O) groups is 2. The molecule has 2 amide bonds. The van der Waals surface area contributed by atoms with E-state index >= 15 is 0 Å². The van der Waals surface area contributed by atoms with Gasteiger partial charge in [0, 0.05) is 18.5 Å². The van der Waals surface area contributed by atoms with Gasteiger partial charge >= 0.3 is 0 Å². The fourth-order valence-electron chi connectivity index (χ4n) is 3.45. The number of benzene rings is 1. The maximum Gasteiger partial charge on any atom is 0.280 e. The highest BCUT2D eigenvalue weighted by molar-refractivity contribution is 6.02. The number of nitrogens with one attached hydrogen (secondary N) is 3. The summed E-state index contributed by atoms with van der Waals surface area (Å²) in [5.74, 6) is -0.586. The number of nitriles is 1. The summed E-state index contributed by atoms with van der Waals surface area (Å²) in [6.07, 6.45) is 1.51. The second-order valence-corrected chi connectivity index (χ2v) is 7.23. The maximum atomic E-state index is 12.4. The van der Waals surface area contributed by atoms with E-state index in [1.807, 2.05) is 45.0 Å². The third kappa shape index (κ3) is 6.12. The van der Waals surface area contributed by atoms with Gasteiger partial charge in [-0.2, -0.15) is 5.26 Å². The lowest BCUT2D eigenvalue weighted by Gasteiger charge is -2.17. The van der Waals surface area contributed by atoms with Crippen molar-refractivity contribution >= 4 is 23.6 Å². The third-order valence-corrected chi connectivity index (χ3v) is 4.90. The molecule has 170 valence electrons. The van der Waals surface area contributed by atoms with Crippen LogP contribution in [0.4, 0.5) is 5.69 Å². The fourth-order valence-corrected chi connectivity index (χ4v) is 3.45. The van der Waals surface area contributed by atoms with Gasteiger partial charge in [0.25, 0.3) is 11.8 Å². The van der Waals surface area contributed by atoms with Crippen molar-refractivity contribution < 1.29 is 19.1 Å². The number of hydrazine groups is 1. The molecule has 3 N–H and O–H groups in total. The quantitative estimate of drug-likeness (QED) is 0.314. The first kappa shape index (κ1) is 24.5. The molecule has 0 aliphatic rings. The average Bonchev–Trinajstić information content (AvgIpc) is 3.07. The van der Waals surface area contributed by atoms with Gasteiger partial charge < -0.3 is 19.4 Å². The summed E-state index contributed by atoms with van der Waals surface area (Å²) in [7, 11) is 3.18. The lowest BCUT2D eigenvalue weighted by Crippen LogP contribution is -2.44. The molecule has 0 spiro atoms. The lowest BCUT2D eigenvalue weighted by molar-refractivity contribution is -0.125. The van der Waals surface area contributed by atoms with Crippen molar-refractivity contribution in [3.8, 4) is 11.8 Å². The van der Waals surface area contributed by atoms with Gasteiger partial charge in [-0.05, 0) is 50.6 Å². The molecule has 0 fully saturated rings. The van der Waals surface area contributed by atoms with E-state index in [2.05, 4.69) is 20.7 Å². The van der Waals surface area contributed by atoms with Crippen molar-refractivity contribution in [3.05, 3.63) is 52.9 Å². The van der Waals surface area contributed by atoms with Gasteiger partial charge in [-0.25, -0.2) is 0 Å². The molecule has 0 aliphatic heterocycles. The molecule has 0 saturated carbocycles. The van der Waals surface area contributed by atoms with Crippen LogP contribution in [-0.4, -0.2) is 43.8 Å². The van der Waals surface area contributed by atoms with Crippen molar-refractivity contribution in [2.45, 2.75) is 26.8 Å². The zero-order valence-corrected chi connectivity index (χ0v) is 19.0. The van der Waals surface area contributed by atoms with E-state index in [4.69, 9.17) is 9.47 Å². The second kappa shape index (κ2) is 11.6. The molecule has 0 saturated heterocycles. The summed E-state index contributed by atoms with van der Waals surface area (Å²) in [5.41, 5.74) is 7.76. The van der Waals surface area contributed by atoms with Crippen molar-refractivity contribution in [2.75, 3.05) is 32.7 Å². The van der Waals surface area contributed by atoms with Crippen LogP contribution in [0.5, 0.6) is 5.75 Å². The summed E-state index contributed by atoms with van der Waals surface area (Å²) in [5, 5.41) is 12.4. The highest BCUT2D eigenvalue weighted by Crippen LogP contribution is 2.23. The predicted octanol–water partition coefficient (Wildman–Crippen LogP) is 2.49. The number of amides is 2. The number of hydrogen-bond acceptors (Lipinski definition) is 6. The molecule has 0 radical (unpaired) electrons. The van der Waals surface area contributed by atoms with Crippen molar-refractivity contribution in [2.24, 2.45) is 0 Å². The minimum atomic E-state index is -0.701. The summed E-state index contributed by atoms with van der Waals surface area (Å²) in [6, 6.07) is 11.1. The highest BCUT2D eigenvalue weighted by Gasteiger charge is 2.16. The van der Waals surface area contributed by atoms with Crippen LogP contribution in [0.15, 0.2) is 35.9 Å². The number of nitrogens with zero attached hydrogens (tertiary/aromatic N) is 2. The predicted molar refractivity (Wildman–Crippen MR) is 122 cm³/mol. The normalized spacial score (nSPS) is 11.9. The van der Waals surface area contributed by atoms with Crippen LogP contribution in [0, 0.1) is 25.2 Å². The number of hydrogen-bond donors (Lipinski definition) is 3. The van der Waals surface area contributed by atoms with E-state index in [0.29, 0.717) is 18.0 Å². The van der Waals surface area contributed by atoms with Crippen LogP contribution in [0.25, 0.3) is 6.08 Å². The van der Waals surface area contributed by atoms with E-state index in [9.17, 15) is 14.9 Å². The van der Waals surface area contributed by atoms with Gasteiger partial charge in [0.2, 0.25) is 0 Å². The smallest absolute Gasteiger partial charge is 0.280 e. The second-order valence-electron chi connectivity index (χ2n) is 7.23. The summed E-state index contributed by atoms with van der Waals surface area (Å²) >= 11 is 0. The van der Waals surface area contributed by atoms with Gasteiger partial charge in [0.05, 0.1) is 32.0 Å². The Bertz CT molecular complexity index is 1040. The first-order valence-corrected chi connectivity index (χ1v) is 10.1. The number of para-hydroxylation sites is 2. The zero-order valence-electron chi connectivity index (χ0n) is 19.0. The van der Waals surface area contributed by atoms with Crippen molar-refractivity contribution in [3.63, 3.8) is 0 Å². The Morgan fingerprint density at radius 3 is 2.59 bits per heavy atom. The number of aryl methyl sites for hydroxylation is 1. The topological polar surface area (TPSA) is 117 Å². The average molecular weight is 440 g/mol. The standard InChI is InChI=1S/C23H29N5O4/c1-15-10-18(17(3)28(15)16(2)14-31-4)11-19(12-24)23(30)27-26-22(29)13-25-20-8-6-7-9-21(20)32-5/h6-11,16,25H,13-14H2,1-5H3,(H,26,29)(H,27,30)/b19-11-. The van der Waals surface area contributed by atoms with E-state index in [-0.39, 0.29) is 18.2 Å². The Labute approximate surface area is 188 Å². The fraction of sp³-hybridized carbons (Fsp3) is 0.348. The molecular weight excluding hydrogens is 410 g/mol. The minimum Gasteiger partial charge on any atom is -0.495 e. The maximum absolute atomic E-state index is 12.4. The van der Waals surface area contributed by atoms with Crippen LogP contribution < -0.4 is 20.9 Å². The highest BCUT2D eigenvalue weighted by atomic mass is 16.5. The molecule has 1 aromatic heterocycles. The first-order chi connectivity index (χ1) is 15.3. The van der Waals surface area contributed by atoms with Crippen LogP contribution in [0.1, 0.15) is 29.9 Å². The molecule has 1 unspecified atom stereocenters. The molecule has 1 heterocycles. The van der Waals surface area contributed by atoms with Gasteiger partial charge in [-0.3, -0.25) is 20.4 Å². The minimum absolute atomic E-state index is 0.0925. The van der Waals surface area contributed by atoms with Gasteiger partial charge in [-0.1, -0.05) is 12.1 Å². The van der Waals surface area contributed by atoms with Crippen LogP contribution >= 0.6 is 0 Å². The monoisotopic (exact) mass is 439 g/mol. The Hall–Kier alpha value is -3.77. The van der Waals surface area contributed by atoms with E-state index in [1.165, 1.54) is 13.2 Å². The summed E-state index contributed by atoms with van der Waals surface area (Å²) < 4.78 is 12.5. The largest absolute Gasteiger partial charge is 0.495 e. The van der Waals surface area contributed by atoms with Crippen LogP contribution in [-0.2, 0) is 14.3 Å². The SMILES string of the molecule is COCC(C)n1c(C)cc(/C=C(/C#N)C(=O)NNC(=O)CNc2ccccc2OC)c1C. The Morgan fingerprint density at radius 1 is 1.22 bits per heavy atom. The van der Waals surface area contributed by atoms with Crippen molar-refractivity contribution in [1.29, 1.82) is 5.26 Å². The van der Waals surface area contributed by atoms with Crippen molar-refractivity contribution in [1.82, 2.24) is 15.4 Å². The Kier molecular flexibility index (Phi) is 8.86.